The molecule has 1 aliphatic rings. The first kappa shape index (κ1) is 9.89. The van der Waals surface area contributed by atoms with Crippen LogP contribution in [0.15, 0.2) is 18.6 Å². The highest BCUT2D eigenvalue weighted by molar-refractivity contribution is 5.47. The minimum atomic E-state index is 0.315. The first-order valence-electron chi connectivity index (χ1n) is 5.11. The summed E-state index contributed by atoms with van der Waals surface area (Å²) in [5, 5.41) is 2.81. The van der Waals surface area contributed by atoms with E-state index in [0.29, 0.717) is 6.04 Å². The molecule has 1 aliphatic heterocycles. The Balaban J connectivity index is 1.91. The highest BCUT2D eigenvalue weighted by Gasteiger charge is 2.19. The van der Waals surface area contributed by atoms with Crippen molar-refractivity contribution in [2.24, 2.45) is 0 Å². The summed E-state index contributed by atoms with van der Waals surface area (Å²) in [4.78, 5) is 20.8. The Morgan fingerprint density at radius 1 is 1.40 bits per heavy atom. The highest BCUT2D eigenvalue weighted by atomic mass is 16.1. The molecule has 1 amide bonds. The lowest BCUT2D eigenvalue weighted by molar-refractivity contribution is -0.110. The number of hydrogen-bond acceptors (Lipinski definition) is 4. The summed E-state index contributed by atoms with van der Waals surface area (Å²) < 4.78 is 0. The van der Waals surface area contributed by atoms with Gasteiger partial charge in [0.1, 0.15) is 5.82 Å². The molecule has 80 valence electrons. The second-order valence-corrected chi connectivity index (χ2v) is 3.61. The SMILES string of the molecule is O=CNC1CCN(c2cnccn2)CC1. The molecule has 1 aromatic rings. The zero-order valence-corrected chi connectivity index (χ0v) is 8.47. The summed E-state index contributed by atoms with van der Waals surface area (Å²) in [6.45, 7) is 1.84. The number of carbonyl (C=O) groups excluding carboxylic acids is 1. The predicted octanol–water partition coefficient (Wildman–Crippen LogP) is 0.191. The third-order valence-corrected chi connectivity index (χ3v) is 2.67. The first-order valence-corrected chi connectivity index (χ1v) is 5.11. The van der Waals surface area contributed by atoms with E-state index in [2.05, 4.69) is 20.2 Å². The average Bonchev–Trinajstić information content (AvgIpc) is 2.32. The number of amides is 1. The van der Waals surface area contributed by atoms with Crippen LogP contribution in [0.1, 0.15) is 12.8 Å². The number of nitrogens with zero attached hydrogens (tertiary/aromatic N) is 3. The van der Waals surface area contributed by atoms with Crippen molar-refractivity contribution in [3.8, 4) is 0 Å². The third-order valence-electron chi connectivity index (χ3n) is 2.67. The van der Waals surface area contributed by atoms with Crippen LogP contribution in [0.4, 0.5) is 5.82 Å². The van der Waals surface area contributed by atoms with Gasteiger partial charge in [-0.1, -0.05) is 0 Å². The molecule has 1 N–H and O–H groups in total. The van der Waals surface area contributed by atoms with E-state index in [0.717, 1.165) is 38.2 Å². The Morgan fingerprint density at radius 2 is 2.20 bits per heavy atom. The molecule has 0 radical (unpaired) electrons. The normalized spacial score (nSPS) is 17.5. The van der Waals surface area contributed by atoms with Gasteiger partial charge in [-0.15, -0.1) is 0 Å². The minimum absolute atomic E-state index is 0.315. The molecule has 5 heteroatoms. The molecule has 0 aromatic carbocycles. The lowest BCUT2D eigenvalue weighted by Gasteiger charge is -2.32. The summed E-state index contributed by atoms with van der Waals surface area (Å²) in [5.74, 6) is 0.919. The summed E-state index contributed by atoms with van der Waals surface area (Å²) in [7, 11) is 0. The average molecular weight is 206 g/mol. The first-order chi connectivity index (χ1) is 7.40. The minimum Gasteiger partial charge on any atom is -0.356 e. The Kier molecular flexibility index (Phi) is 3.11. The van der Waals surface area contributed by atoms with E-state index in [1.807, 2.05) is 0 Å². The van der Waals surface area contributed by atoms with Crippen molar-refractivity contribution in [3.63, 3.8) is 0 Å². The zero-order chi connectivity index (χ0) is 10.5. The number of rotatable bonds is 3. The Labute approximate surface area is 88.5 Å². The molecule has 0 spiro atoms. The summed E-state index contributed by atoms with van der Waals surface area (Å²) >= 11 is 0. The van der Waals surface area contributed by atoms with Crippen molar-refractivity contribution in [3.05, 3.63) is 18.6 Å². The molecule has 0 bridgehead atoms. The van der Waals surface area contributed by atoms with Crippen molar-refractivity contribution in [1.29, 1.82) is 0 Å². The van der Waals surface area contributed by atoms with Crippen LogP contribution < -0.4 is 10.2 Å². The fourth-order valence-electron chi connectivity index (χ4n) is 1.83. The number of hydrogen-bond donors (Lipinski definition) is 1. The summed E-state index contributed by atoms with van der Waals surface area (Å²) in [5.41, 5.74) is 0. The van der Waals surface area contributed by atoms with Crippen LogP contribution in [0.5, 0.6) is 0 Å². The molecule has 0 unspecified atom stereocenters. The van der Waals surface area contributed by atoms with Crippen LogP contribution in [-0.2, 0) is 4.79 Å². The molecule has 0 aliphatic carbocycles. The maximum atomic E-state index is 10.3. The van der Waals surface area contributed by atoms with Crippen LogP contribution in [0.3, 0.4) is 0 Å². The molecule has 5 nitrogen and oxygen atoms in total. The number of aromatic nitrogens is 2. The third kappa shape index (κ3) is 2.43. The second-order valence-electron chi connectivity index (χ2n) is 3.61. The van der Waals surface area contributed by atoms with E-state index in [1.54, 1.807) is 18.6 Å². The largest absolute Gasteiger partial charge is 0.356 e. The molecule has 0 atom stereocenters. The Bertz CT molecular complexity index is 308. The molecule has 1 fully saturated rings. The van der Waals surface area contributed by atoms with Crippen LogP contribution in [0.25, 0.3) is 0 Å². The number of piperidine rings is 1. The van der Waals surface area contributed by atoms with Crippen molar-refractivity contribution in [1.82, 2.24) is 15.3 Å². The highest BCUT2D eigenvalue weighted by Crippen LogP contribution is 2.15. The van der Waals surface area contributed by atoms with E-state index in [1.165, 1.54) is 0 Å². The van der Waals surface area contributed by atoms with Gasteiger partial charge in [0.05, 0.1) is 6.20 Å². The van der Waals surface area contributed by atoms with Gasteiger partial charge < -0.3 is 10.2 Å². The van der Waals surface area contributed by atoms with Crippen molar-refractivity contribution in [2.75, 3.05) is 18.0 Å². The topological polar surface area (TPSA) is 58.1 Å². The molecule has 1 aromatic heterocycles. The van der Waals surface area contributed by atoms with Crippen molar-refractivity contribution >= 4 is 12.2 Å². The van der Waals surface area contributed by atoms with Crippen molar-refractivity contribution < 1.29 is 4.79 Å². The van der Waals surface area contributed by atoms with Crippen LogP contribution >= 0.6 is 0 Å². The number of carbonyl (C=O) groups is 1. The van der Waals surface area contributed by atoms with E-state index >= 15 is 0 Å². The predicted molar refractivity (Wildman–Crippen MR) is 56.5 cm³/mol. The van der Waals surface area contributed by atoms with E-state index < -0.39 is 0 Å². The lowest BCUT2D eigenvalue weighted by Crippen LogP contribution is -2.42. The van der Waals surface area contributed by atoms with E-state index in [-0.39, 0.29) is 0 Å². The van der Waals surface area contributed by atoms with Crippen molar-refractivity contribution in [2.45, 2.75) is 18.9 Å². The van der Waals surface area contributed by atoms with Gasteiger partial charge >= 0.3 is 0 Å². The smallest absolute Gasteiger partial charge is 0.207 e. The molecule has 2 heterocycles. The van der Waals surface area contributed by atoms with Gasteiger partial charge in [-0.05, 0) is 12.8 Å². The number of anilines is 1. The maximum Gasteiger partial charge on any atom is 0.207 e. The molecule has 1 saturated heterocycles. The molecule has 2 rings (SSSR count). The van der Waals surface area contributed by atoms with Crippen LogP contribution in [-0.4, -0.2) is 35.5 Å². The van der Waals surface area contributed by atoms with Gasteiger partial charge in [-0.3, -0.25) is 9.78 Å². The van der Waals surface area contributed by atoms with E-state index in [4.69, 9.17) is 0 Å². The fourth-order valence-corrected chi connectivity index (χ4v) is 1.83. The van der Waals surface area contributed by atoms with Gasteiger partial charge in [0.2, 0.25) is 6.41 Å². The van der Waals surface area contributed by atoms with Gasteiger partial charge in [-0.2, -0.15) is 0 Å². The second kappa shape index (κ2) is 4.72. The fraction of sp³-hybridized carbons (Fsp3) is 0.500. The quantitative estimate of drug-likeness (QED) is 0.717. The van der Waals surface area contributed by atoms with Crippen LogP contribution in [0, 0.1) is 0 Å². The molecular formula is C10H14N4O. The summed E-state index contributed by atoms with van der Waals surface area (Å²) in [6, 6.07) is 0.315. The van der Waals surface area contributed by atoms with Crippen LogP contribution in [0.2, 0.25) is 0 Å². The van der Waals surface area contributed by atoms with Gasteiger partial charge in [0, 0.05) is 31.5 Å². The molecule has 15 heavy (non-hydrogen) atoms. The maximum absolute atomic E-state index is 10.3. The van der Waals surface area contributed by atoms with Gasteiger partial charge in [0.25, 0.3) is 0 Å². The standard InChI is InChI=1S/C10H14N4O/c15-8-13-9-1-5-14(6-2-9)10-7-11-3-4-12-10/h3-4,7-9H,1-2,5-6H2,(H,13,15). The van der Waals surface area contributed by atoms with Gasteiger partial charge in [0.15, 0.2) is 0 Å². The Morgan fingerprint density at radius 3 is 2.80 bits per heavy atom. The van der Waals surface area contributed by atoms with Gasteiger partial charge in [-0.25, -0.2) is 4.98 Å². The molecule has 0 saturated carbocycles. The zero-order valence-electron chi connectivity index (χ0n) is 8.47. The lowest BCUT2D eigenvalue weighted by atomic mass is 10.1. The summed E-state index contributed by atoms with van der Waals surface area (Å²) in [6.07, 6.45) is 7.86. The molecular weight excluding hydrogens is 192 g/mol. The Hall–Kier alpha value is -1.65. The monoisotopic (exact) mass is 206 g/mol. The van der Waals surface area contributed by atoms with E-state index in [9.17, 15) is 4.79 Å². The number of nitrogens with one attached hydrogen (secondary N) is 1.